The summed E-state index contributed by atoms with van der Waals surface area (Å²) in [6, 6.07) is 0. The van der Waals surface area contributed by atoms with Gasteiger partial charge in [-0.25, -0.2) is 0 Å². The first-order valence-electron chi connectivity index (χ1n) is 7.20. The minimum Gasteiger partial charge on any atom is -0.481 e. The van der Waals surface area contributed by atoms with Crippen LogP contribution in [0.4, 0.5) is 0 Å². The van der Waals surface area contributed by atoms with Crippen LogP contribution in [0.15, 0.2) is 0 Å². The Kier molecular flexibility index (Phi) is 7.94. The summed E-state index contributed by atoms with van der Waals surface area (Å²) in [4.78, 5) is 24.5. The van der Waals surface area contributed by atoms with Gasteiger partial charge in [-0.05, 0) is 30.9 Å². The van der Waals surface area contributed by atoms with E-state index in [1.54, 1.807) is 0 Å². The number of carbonyl (C=O) groups is 2. The van der Waals surface area contributed by atoms with Gasteiger partial charge >= 0.3 is 5.97 Å². The van der Waals surface area contributed by atoms with E-state index in [9.17, 15) is 9.59 Å². The molecule has 0 aromatic carbocycles. The third-order valence-corrected chi connectivity index (χ3v) is 4.60. The van der Waals surface area contributed by atoms with E-state index in [2.05, 4.69) is 6.92 Å². The Bertz CT molecular complexity index is 288. The molecule has 1 fully saturated rings. The van der Waals surface area contributed by atoms with Gasteiger partial charge in [0.25, 0.3) is 0 Å². The van der Waals surface area contributed by atoms with Crippen molar-refractivity contribution in [1.82, 2.24) is 4.90 Å². The van der Waals surface area contributed by atoms with E-state index in [4.69, 9.17) is 5.11 Å². The van der Waals surface area contributed by atoms with Gasteiger partial charge in [-0.15, -0.1) is 0 Å². The zero-order valence-electron chi connectivity index (χ0n) is 11.8. The molecular formula is C14H25NO3S. The van der Waals surface area contributed by atoms with Crippen molar-refractivity contribution >= 4 is 23.6 Å². The molecule has 0 atom stereocenters. The van der Waals surface area contributed by atoms with Crippen LogP contribution in [0.25, 0.3) is 0 Å². The van der Waals surface area contributed by atoms with Gasteiger partial charge in [-0.1, -0.05) is 13.3 Å². The van der Waals surface area contributed by atoms with E-state index in [1.807, 2.05) is 16.7 Å². The number of nitrogens with zero attached hydrogens (tertiary/aromatic N) is 1. The first kappa shape index (κ1) is 16.3. The van der Waals surface area contributed by atoms with Crippen LogP contribution in [0.5, 0.6) is 0 Å². The number of likely N-dealkylation sites (tertiary alicyclic amines) is 1. The maximum absolute atomic E-state index is 12.0. The molecule has 110 valence electrons. The number of carbonyl (C=O) groups excluding carboxylic acids is 1. The lowest BCUT2D eigenvalue weighted by atomic mass is 9.93. The molecule has 1 aliphatic rings. The summed E-state index contributed by atoms with van der Waals surface area (Å²) in [6.45, 7) is 3.64. The SMILES string of the molecule is CCCCSCCC(=O)N1CCC(CC(=O)O)CC1. The molecule has 0 aromatic rings. The highest BCUT2D eigenvalue weighted by Crippen LogP contribution is 2.21. The highest BCUT2D eigenvalue weighted by atomic mass is 32.2. The van der Waals surface area contributed by atoms with E-state index in [0.717, 1.165) is 37.4 Å². The second-order valence-electron chi connectivity index (χ2n) is 5.14. The predicted octanol–water partition coefficient (Wildman–Crippen LogP) is 2.62. The Morgan fingerprint density at radius 1 is 1.26 bits per heavy atom. The maximum Gasteiger partial charge on any atom is 0.303 e. The molecule has 4 nitrogen and oxygen atoms in total. The van der Waals surface area contributed by atoms with Gasteiger partial charge in [0.15, 0.2) is 0 Å². The van der Waals surface area contributed by atoms with Gasteiger partial charge in [0.1, 0.15) is 0 Å². The van der Waals surface area contributed by atoms with Gasteiger partial charge in [0, 0.05) is 31.7 Å². The number of carboxylic acid groups (broad SMARTS) is 1. The lowest BCUT2D eigenvalue weighted by Gasteiger charge is -2.31. The summed E-state index contributed by atoms with van der Waals surface area (Å²) in [7, 11) is 0. The molecule has 19 heavy (non-hydrogen) atoms. The number of carboxylic acids is 1. The minimum atomic E-state index is -0.725. The van der Waals surface area contributed by atoms with Crippen molar-refractivity contribution in [3.05, 3.63) is 0 Å². The molecular weight excluding hydrogens is 262 g/mol. The summed E-state index contributed by atoms with van der Waals surface area (Å²) < 4.78 is 0. The molecule has 0 bridgehead atoms. The number of unbranched alkanes of at least 4 members (excludes halogenated alkanes) is 1. The fourth-order valence-corrected chi connectivity index (χ4v) is 3.32. The molecule has 1 rings (SSSR count). The normalized spacial score (nSPS) is 16.6. The van der Waals surface area contributed by atoms with Gasteiger partial charge in [0.05, 0.1) is 0 Å². The average Bonchev–Trinajstić information content (AvgIpc) is 2.38. The Morgan fingerprint density at radius 3 is 2.53 bits per heavy atom. The monoisotopic (exact) mass is 287 g/mol. The highest BCUT2D eigenvalue weighted by molar-refractivity contribution is 7.99. The van der Waals surface area contributed by atoms with Gasteiger partial charge in [-0.3, -0.25) is 9.59 Å². The van der Waals surface area contributed by atoms with E-state index in [0.29, 0.717) is 6.42 Å². The molecule has 0 unspecified atom stereocenters. The summed E-state index contributed by atoms with van der Waals surface area (Å²) in [5.74, 6) is 1.81. The largest absolute Gasteiger partial charge is 0.481 e. The zero-order chi connectivity index (χ0) is 14.1. The van der Waals surface area contributed by atoms with Crippen molar-refractivity contribution in [3.63, 3.8) is 0 Å². The predicted molar refractivity (Wildman–Crippen MR) is 78.4 cm³/mol. The number of piperidine rings is 1. The van der Waals surface area contributed by atoms with Crippen molar-refractivity contribution in [2.75, 3.05) is 24.6 Å². The van der Waals surface area contributed by atoms with Crippen molar-refractivity contribution in [1.29, 1.82) is 0 Å². The fraction of sp³-hybridized carbons (Fsp3) is 0.857. The second kappa shape index (κ2) is 9.23. The van der Waals surface area contributed by atoms with Crippen LogP contribution in [0.1, 0.15) is 45.4 Å². The van der Waals surface area contributed by atoms with Crippen LogP contribution in [0, 0.1) is 5.92 Å². The first-order chi connectivity index (χ1) is 9.13. The van der Waals surface area contributed by atoms with E-state index in [1.165, 1.54) is 12.8 Å². The molecule has 0 saturated carbocycles. The average molecular weight is 287 g/mol. The summed E-state index contributed by atoms with van der Waals surface area (Å²) >= 11 is 1.85. The Labute approximate surface area is 119 Å². The first-order valence-corrected chi connectivity index (χ1v) is 8.36. The topological polar surface area (TPSA) is 57.6 Å². The molecule has 0 radical (unpaired) electrons. The maximum atomic E-state index is 12.0. The van der Waals surface area contributed by atoms with Crippen LogP contribution in [-0.2, 0) is 9.59 Å². The Morgan fingerprint density at radius 2 is 1.95 bits per heavy atom. The van der Waals surface area contributed by atoms with Crippen molar-refractivity contribution in [2.45, 2.75) is 45.4 Å². The van der Waals surface area contributed by atoms with Gasteiger partial charge in [-0.2, -0.15) is 11.8 Å². The Hall–Kier alpha value is -0.710. The van der Waals surface area contributed by atoms with Crippen LogP contribution >= 0.6 is 11.8 Å². The van der Waals surface area contributed by atoms with Crippen LogP contribution in [0.2, 0.25) is 0 Å². The highest BCUT2D eigenvalue weighted by Gasteiger charge is 2.23. The molecule has 5 heteroatoms. The van der Waals surface area contributed by atoms with Crippen LogP contribution in [0.3, 0.4) is 0 Å². The zero-order valence-corrected chi connectivity index (χ0v) is 12.6. The molecule has 0 spiro atoms. The van der Waals surface area contributed by atoms with E-state index in [-0.39, 0.29) is 18.2 Å². The molecule has 1 saturated heterocycles. The van der Waals surface area contributed by atoms with Crippen molar-refractivity contribution < 1.29 is 14.7 Å². The number of amides is 1. The number of hydrogen-bond acceptors (Lipinski definition) is 3. The summed E-state index contributed by atoms with van der Waals surface area (Å²) in [5, 5.41) is 8.74. The quantitative estimate of drug-likeness (QED) is 0.697. The molecule has 1 N–H and O–H groups in total. The van der Waals surface area contributed by atoms with E-state index < -0.39 is 5.97 Å². The third kappa shape index (κ3) is 6.85. The molecule has 1 aliphatic heterocycles. The molecule has 1 heterocycles. The third-order valence-electron chi connectivity index (χ3n) is 3.53. The smallest absolute Gasteiger partial charge is 0.303 e. The molecule has 1 amide bonds. The summed E-state index contributed by atoms with van der Waals surface area (Å²) in [6.07, 6.45) is 4.96. The van der Waals surface area contributed by atoms with E-state index >= 15 is 0 Å². The van der Waals surface area contributed by atoms with Crippen molar-refractivity contribution in [3.8, 4) is 0 Å². The van der Waals surface area contributed by atoms with Crippen molar-refractivity contribution in [2.24, 2.45) is 5.92 Å². The fourth-order valence-electron chi connectivity index (χ4n) is 2.30. The van der Waals surface area contributed by atoms with Crippen LogP contribution < -0.4 is 0 Å². The van der Waals surface area contributed by atoms with Crippen LogP contribution in [-0.4, -0.2) is 46.5 Å². The number of hydrogen-bond donors (Lipinski definition) is 1. The number of rotatable bonds is 8. The lowest BCUT2D eigenvalue weighted by molar-refractivity contribution is -0.138. The number of thioether (sulfide) groups is 1. The Balaban J connectivity index is 2.12. The summed E-state index contributed by atoms with van der Waals surface area (Å²) in [5.41, 5.74) is 0. The van der Waals surface area contributed by atoms with Gasteiger partial charge in [0.2, 0.25) is 5.91 Å². The minimum absolute atomic E-state index is 0.234. The lowest BCUT2D eigenvalue weighted by Crippen LogP contribution is -2.39. The second-order valence-corrected chi connectivity index (χ2v) is 6.36. The van der Waals surface area contributed by atoms with Gasteiger partial charge < -0.3 is 10.0 Å². The number of aliphatic carboxylic acids is 1. The standard InChI is InChI=1S/C14H25NO3S/c1-2-3-9-19-10-6-13(16)15-7-4-12(5-8-15)11-14(17)18/h12H,2-11H2,1H3,(H,17,18). The molecule has 0 aromatic heterocycles. The molecule has 0 aliphatic carbocycles.